The van der Waals surface area contributed by atoms with Crippen LogP contribution in [0.4, 0.5) is 0 Å². The summed E-state index contributed by atoms with van der Waals surface area (Å²) in [6.07, 6.45) is 3.67. The SMILES string of the molecule is CCCC1CC1NC(=O)CNCC. The van der Waals surface area contributed by atoms with Gasteiger partial charge in [0.2, 0.25) is 5.91 Å². The molecule has 1 amide bonds. The van der Waals surface area contributed by atoms with Gasteiger partial charge >= 0.3 is 0 Å². The van der Waals surface area contributed by atoms with E-state index in [0.717, 1.165) is 12.5 Å². The summed E-state index contributed by atoms with van der Waals surface area (Å²) in [5, 5.41) is 6.04. The van der Waals surface area contributed by atoms with Gasteiger partial charge in [-0.05, 0) is 25.3 Å². The van der Waals surface area contributed by atoms with Crippen LogP contribution in [0.1, 0.15) is 33.1 Å². The molecule has 2 atom stereocenters. The molecule has 0 aliphatic heterocycles. The van der Waals surface area contributed by atoms with E-state index in [4.69, 9.17) is 0 Å². The molecule has 1 fully saturated rings. The van der Waals surface area contributed by atoms with Gasteiger partial charge in [0.1, 0.15) is 0 Å². The average Bonchev–Trinajstić information content (AvgIpc) is 2.81. The lowest BCUT2D eigenvalue weighted by molar-refractivity contribution is -0.120. The highest BCUT2D eigenvalue weighted by Crippen LogP contribution is 2.34. The van der Waals surface area contributed by atoms with Gasteiger partial charge in [0, 0.05) is 6.04 Å². The second kappa shape index (κ2) is 5.22. The van der Waals surface area contributed by atoms with Gasteiger partial charge in [0.05, 0.1) is 6.54 Å². The largest absolute Gasteiger partial charge is 0.352 e. The van der Waals surface area contributed by atoms with E-state index in [1.165, 1.54) is 19.3 Å². The van der Waals surface area contributed by atoms with E-state index < -0.39 is 0 Å². The maximum atomic E-state index is 11.2. The number of amides is 1. The molecule has 76 valence electrons. The number of hydrogen-bond acceptors (Lipinski definition) is 2. The Morgan fingerprint density at radius 3 is 2.85 bits per heavy atom. The number of carbonyl (C=O) groups excluding carboxylic acids is 1. The highest BCUT2D eigenvalue weighted by molar-refractivity contribution is 5.78. The molecule has 0 aromatic heterocycles. The van der Waals surface area contributed by atoms with E-state index >= 15 is 0 Å². The van der Waals surface area contributed by atoms with Crippen molar-refractivity contribution in [1.82, 2.24) is 10.6 Å². The summed E-state index contributed by atoms with van der Waals surface area (Å²) in [6, 6.07) is 0.478. The molecule has 3 nitrogen and oxygen atoms in total. The van der Waals surface area contributed by atoms with Crippen molar-refractivity contribution in [2.75, 3.05) is 13.1 Å². The Morgan fingerprint density at radius 1 is 1.46 bits per heavy atom. The minimum Gasteiger partial charge on any atom is -0.352 e. The topological polar surface area (TPSA) is 41.1 Å². The Labute approximate surface area is 80.3 Å². The number of likely N-dealkylation sites (N-methyl/N-ethyl adjacent to an activating group) is 1. The minimum atomic E-state index is 0.144. The van der Waals surface area contributed by atoms with Crippen molar-refractivity contribution >= 4 is 5.91 Å². The van der Waals surface area contributed by atoms with E-state index in [0.29, 0.717) is 12.6 Å². The van der Waals surface area contributed by atoms with Gasteiger partial charge in [-0.1, -0.05) is 20.3 Å². The zero-order valence-corrected chi connectivity index (χ0v) is 8.60. The van der Waals surface area contributed by atoms with E-state index in [2.05, 4.69) is 17.6 Å². The zero-order chi connectivity index (χ0) is 9.68. The number of nitrogens with one attached hydrogen (secondary N) is 2. The third kappa shape index (κ3) is 3.77. The van der Waals surface area contributed by atoms with Crippen LogP contribution in [0.25, 0.3) is 0 Å². The summed E-state index contributed by atoms with van der Waals surface area (Å²) in [5.41, 5.74) is 0. The monoisotopic (exact) mass is 184 g/mol. The van der Waals surface area contributed by atoms with Gasteiger partial charge in [-0.25, -0.2) is 0 Å². The smallest absolute Gasteiger partial charge is 0.234 e. The van der Waals surface area contributed by atoms with E-state index in [1.54, 1.807) is 0 Å². The predicted molar refractivity (Wildman–Crippen MR) is 53.5 cm³/mol. The first-order chi connectivity index (χ1) is 6.27. The molecule has 0 radical (unpaired) electrons. The summed E-state index contributed by atoms with van der Waals surface area (Å²) >= 11 is 0. The minimum absolute atomic E-state index is 0.144. The summed E-state index contributed by atoms with van der Waals surface area (Å²) in [4.78, 5) is 11.2. The molecule has 0 saturated heterocycles. The van der Waals surface area contributed by atoms with Crippen molar-refractivity contribution in [2.24, 2.45) is 5.92 Å². The van der Waals surface area contributed by atoms with Crippen molar-refractivity contribution in [3.05, 3.63) is 0 Å². The van der Waals surface area contributed by atoms with Gasteiger partial charge in [0.25, 0.3) is 0 Å². The van der Waals surface area contributed by atoms with Gasteiger partial charge in [-0.2, -0.15) is 0 Å². The summed E-state index contributed by atoms with van der Waals surface area (Å²) in [5.74, 6) is 0.904. The second-order valence-electron chi connectivity index (χ2n) is 3.74. The number of hydrogen-bond donors (Lipinski definition) is 2. The Balaban J connectivity index is 2.03. The Bertz CT molecular complexity index is 170. The molecule has 3 heteroatoms. The molecule has 0 aromatic rings. The fourth-order valence-corrected chi connectivity index (χ4v) is 1.61. The van der Waals surface area contributed by atoms with Crippen LogP contribution in [0.15, 0.2) is 0 Å². The maximum Gasteiger partial charge on any atom is 0.234 e. The normalized spacial score (nSPS) is 25.7. The lowest BCUT2D eigenvalue weighted by Gasteiger charge is -2.04. The molecule has 1 saturated carbocycles. The number of carbonyl (C=O) groups is 1. The Morgan fingerprint density at radius 2 is 2.23 bits per heavy atom. The molecule has 2 unspecified atom stereocenters. The highest BCUT2D eigenvalue weighted by atomic mass is 16.2. The van der Waals surface area contributed by atoms with E-state index in [9.17, 15) is 4.79 Å². The van der Waals surface area contributed by atoms with E-state index in [1.807, 2.05) is 6.92 Å². The first-order valence-corrected chi connectivity index (χ1v) is 5.28. The molecule has 0 heterocycles. The standard InChI is InChI=1S/C10H20N2O/c1-3-5-8-6-9(8)12-10(13)7-11-4-2/h8-9,11H,3-7H2,1-2H3,(H,12,13). The molecule has 13 heavy (non-hydrogen) atoms. The van der Waals surface area contributed by atoms with Crippen LogP contribution in [0.5, 0.6) is 0 Å². The van der Waals surface area contributed by atoms with Crippen molar-refractivity contribution in [3.8, 4) is 0 Å². The first kappa shape index (κ1) is 10.5. The fraction of sp³-hybridized carbons (Fsp3) is 0.900. The van der Waals surface area contributed by atoms with Gasteiger partial charge < -0.3 is 10.6 Å². The number of rotatable bonds is 6. The van der Waals surface area contributed by atoms with E-state index in [-0.39, 0.29) is 5.91 Å². The molecule has 2 N–H and O–H groups in total. The first-order valence-electron chi connectivity index (χ1n) is 5.28. The molecule has 1 rings (SSSR count). The predicted octanol–water partition coefficient (Wildman–Crippen LogP) is 0.901. The van der Waals surface area contributed by atoms with Crippen molar-refractivity contribution < 1.29 is 4.79 Å². The van der Waals surface area contributed by atoms with Crippen LogP contribution in [0, 0.1) is 5.92 Å². The highest BCUT2D eigenvalue weighted by Gasteiger charge is 2.36. The van der Waals surface area contributed by atoms with Crippen LogP contribution >= 0.6 is 0 Å². The van der Waals surface area contributed by atoms with Gasteiger partial charge in [-0.3, -0.25) is 4.79 Å². The molecular weight excluding hydrogens is 164 g/mol. The van der Waals surface area contributed by atoms with Crippen LogP contribution in [-0.2, 0) is 4.79 Å². The van der Waals surface area contributed by atoms with Crippen molar-refractivity contribution in [1.29, 1.82) is 0 Å². The summed E-state index contributed by atoms with van der Waals surface area (Å²) in [7, 11) is 0. The van der Waals surface area contributed by atoms with Crippen LogP contribution in [-0.4, -0.2) is 25.0 Å². The lowest BCUT2D eigenvalue weighted by atomic mass is 10.2. The Hall–Kier alpha value is -0.570. The maximum absolute atomic E-state index is 11.2. The average molecular weight is 184 g/mol. The third-order valence-electron chi connectivity index (χ3n) is 2.46. The van der Waals surface area contributed by atoms with Crippen LogP contribution < -0.4 is 10.6 Å². The zero-order valence-electron chi connectivity index (χ0n) is 8.60. The summed E-state index contributed by atoms with van der Waals surface area (Å²) < 4.78 is 0. The summed E-state index contributed by atoms with van der Waals surface area (Å²) in [6.45, 7) is 5.52. The van der Waals surface area contributed by atoms with Crippen molar-refractivity contribution in [3.63, 3.8) is 0 Å². The van der Waals surface area contributed by atoms with Crippen LogP contribution in [0.3, 0.4) is 0 Å². The van der Waals surface area contributed by atoms with Gasteiger partial charge in [0.15, 0.2) is 0 Å². The van der Waals surface area contributed by atoms with Crippen LogP contribution in [0.2, 0.25) is 0 Å². The lowest BCUT2D eigenvalue weighted by Crippen LogP contribution is -2.35. The molecule has 0 spiro atoms. The van der Waals surface area contributed by atoms with Crippen molar-refractivity contribution in [2.45, 2.75) is 39.2 Å². The molecule has 1 aliphatic rings. The third-order valence-corrected chi connectivity index (χ3v) is 2.46. The fourth-order valence-electron chi connectivity index (χ4n) is 1.61. The van der Waals surface area contributed by atoms with Gasteiger partial charge in [-0.15, -0.1) is 0 Å². The molecule has 1 aliphatic carbocycles. The molecule has 0 aromatic carbocycles. The molecular formula is C10H20N2O. The Kier molecular flexibility index (Phi) is 4.22. The quantitative estimate of drug-likeness (QED) is 0.644. The second-order valence-corrected chi connectivity index (χ2v) is 3.74. The molecule has 0 bridgehead atoms.